The van der Waals surface area contributed by atoms with Crippen molar-refractivity contribution in [3.8, 4) is 5.75 Å². The summed E-state index contributed by atoms with van der Waals surface area (Å²) in [7, 11) is 0. The van der Waals surface area contributed by atoms with Gasteiger partial charge in [0.2, 0.25) is 0 Å². The largest absolute Gasteiger partial charge is 0.490 e. The number of hydrogen-bond donors (Lipinski definition) is 1. The maximum Gasteiger partial charge on any atom is 0.120 e. The van der Waals surface area contributed by atoms with Gasteiger partial charge in [-0.1, -0.05) is 12.1 Å². The Balaban J connectivity index is 1.80. The van der Waals surface area contributed by atoms with Crippen LogP contribution >= 0.6 is 0 Å². The Morgan fingerprint density at radius 1 is 1.24 bits per heavy atom. The average Bonchev–Trinajstić information content (AvgIpc) is 3.14. The molecule has 0 atom stereocenters. The van der Waals surface area contributed by atoms with E-state index in [0.29, 0.717) is 32.2 Å². The lowest BCUT2D eigenvalue weighted by Gasteiger charge is -2.32. The molecule has 0 radical (unpaired) electrons. The summed E-state index contributed by atoms with van der Waals surface area (Å²) in [5.41, 5.74) is 0.222. The maximum atomic E-state index is 10.6. The monoisotopic (exact) mass is 234 g/mol. The molecule has 1 aromatic rings. The van der Waals surface area contributed by atoms with E-state index in [0.717, 1.165) is 24.2 Å². The van der Waals surface area contributed by atoms with Crippen molar-refractivity contribution in [3.63, 3.8) is 0 Å². The fraction of sp³-hybridized carbons (Fsp3) is 0.571. The minimum Gasteiger partial charge on any atom is -0.490 e. The lowest BCUT2D eigenvalue weighted by atomic mass is 9.86. The molecule has 0 aromatic heterocycles. The van der Waals surface area contributed by atoms with E-state index in [1.165, 1.54) is 0 Å². The minimum atomic E-state index is -0.735. The number of ether oxygens (including phenoxy) is 2. The van der Waals surface area contributed by atoms with Crippen LogP contribution in [0.3, 0.4) is 0 Å². The van der Waals surface area contributed by atoms with Crippen LogP contribution in [0.15, 0.2) is 24.3 Å². The molecule has 0 bridgehead atoms. The van der Waals surface area contributed by atoms with Gasteiger partial charge in [0.15, 0.2) is 0 Å². The first-order valence-corrected chi connectivity index (χ1v) is 6.34. The molecule has 3 heteroatoms. The van der Waals surface area contributed by atoms with Gasteiger partial charge in [-0.3, -0.25) is 0 Å². The highest BCUT2D eigenvalue weighted by Crippen LogP contribution is 2.34. The van der Waals surface area contributed by atoms with Crippen molar-refractivity contribution >= 4 is 0 Å². The van der Waals surface area contributed by atoms with Gasteiger partial charge in [0.05, 0.1) is 11.7 Å². The first-order valence-electron chi connectivity index (χ1n) is 6.34. The number of aliphatic hydroxyl groups is 1. The third-order valence-electron chi connectivity index (χ3n) is 3.52. The zero-order valence-corrected chi connectivity index (χ0v) is 9.89. The molecule has 2 aliphatic rings. The number of rotatable bonds is 3. The average molecular weight is 234 g/mol. The summed E-state index contributed by atoms with van der Waals surface area (Å²) in [5.74, 6) is 0.880. The lowest BCUT2D eigenvalue weighted by molar-refractivity contribution is -0.0680. The van der Waals surface area contributed by atoms with Crippen molar-refractivity contribution in [1.82, 2.24) is 0 Å². The van der Waals surface area contributed by atoms with E-state index in [9.17, 15) is 5.11 Å². The van der Waals surface area contributed by atoms with Gasteiger partial charge in [0.25, 0.3) is 0 Å². The second-order valence-electron chi connectivity index (χ2n) is 4.99. The summed E-state index contributed by atoms with van der Waals surface area (Å²) >= 11 is 0. The van der Waals surface area contributed by atoms with Gasteiger partial charge in [-0.05, 0) is 30.5 Å². The molecule has 17 heavy (non-hydrogen) atoms. The predicted molar refractivity (Wildman–Crippen MR) is 64.0 cm³/mol. The summed E-state index contributed by atoms with van der Waals surface area (Å²) < 4.78 is 11.1. The SMILES string of the molecule is OC1(c2cccc(OC3CC3)c2)CCOCC1. The first kappa shape index (κ1) is 11.1. The molecule has 1 heterocycles. The molecular weight excluding hydrogens is 216 g/mol. The van der Waals surface area contributed by atoms with Crippen LogP contribution in [0.4, 0.5) is 0 Å². The van der Waals surface area contributed by atoms with Crippen molar-refractivity contribution in [1.29, 1.82) is 0 Å². The second kappa shape index (κ2) is 4.31. The van der Waals surface area contributed by atoms with Crippen LogP contribution in [0.2, 0.25) is 0 Å². The van der Waals surface area contributed by atoms with Crippen LogP contribution in [-0.2, 0) is 10.3 Å². The zero-order valence-electron chi connectivity index (χ0n) is 9.89. The Morgan fingerprint density at radius 2 is 2.00 bits per heavy atom. The van der Waals surface area contributed by atoms with Crippen LogP contribution in [0, 0.1) is 0 Å². The van der Waals surface area contributed by atoms with Crippen LogP contribution < -0.4 is 4.74 Å². The second-order valence-corrected chi connectivity index (χ2v) is 4.99. The molecule has 1 saturated heterocycles. The van der Waals surface area contributed by atoms with Gasteiger partial charge in [0, 0.05) is 26.1 Å². The molecular formula is C14H18O3. The molecule has 0 amide bonds. The van der Waals surface area contributed by atoms with E-state index in [2.05, 4.69) is 0 Å². The van der Waals surface area contributed by atoms with Crippen LogP contribution in [-0.4, -0.2) is 24.4 Å². The summed E-state index contributed by atoms with van der Waals surface area (Å²) in [4.78, 5) is 0. The van der Waals surface area contributed by atoms with E-state index < -0.39 is 5.60 Å². The van der Waals surface area contributed by atoms with Crippen LogP contribution in [0.25, 0.3) is 0 Å². The summed E-state index contributed by atoms with van der Waals surface area (Å²) in [6.45, 7) is 1.26. The lowest BCUT2D eigenvalue weighted by Crippen LogP contribution is -2.33. The molecule has 3 rings (SSSR count). The van der Waals surface area contributed by atoms with Crippen molar-refractivity contribution in [2.24, 2.45) is 0 Å². The molecule has 1 aliphatic heterocycles. The predicted octanol–water partition coefficient (Wildman–Crippen LogP) is 2.23. The standard InChI is InChI=1S/C14H18O3/c15-14(6-8-16-9-7-14)11-2-1-3-13(10-11)17-12-4-5-12/h1-3,10,12,15H,4-9H2. The topological polar surface area (TPSA) is 38.7 Å². The highest BCUT2D eigenvalue weighted by Gasteiger charge is 2.32. The van der Waals surface area contributed by atoms with Crippen LogP contribution in [0.1, 0.15) is 31.2 Å². The number of benzene rings is 1. The van der Waals surface area contributed by atoms with E-state index in [-0.39, 0.29) is 0 Å². The smallest absolute Gasteiger partial charge is 0.120 e. The summed E-state index contributed by atoms with van der Waals surface area (Å²) in [6, 6.07) is 7.87. The molecule has 92 valence electrons. The van der Waals surface area contributed by atoms with Gasteiger partial charge in [0.1, 0.15) is 5.75 Å². The normalized spacial score (nSPS) is 23.4. The molecule has 1 N–H and O–H groups in total. The maximum absolute atomic E-state index is 10.6. The molecule has 1 aromatic carbocycles. The Labute approximate surface area is 101 Å². The highest BCUT2D eigenvalue weighted by molar-refractivity contribution is 5.33. The Hall–Kier alpha value is -1.06. The highest BCUT2D eigenvalue weighted by atomic mass is 16.5. The Bertz CT molecular complexity index is 392. The van der Waals surface area contributed by atoms with Gasteiger partial charge >= 0.3 is 0 Å². The molecule has 2 fully saturated rings. The number of hydrogen-bond acceptors (Lipinski definition) is 3. The van der Waals surface area contributed by atoms with Gasteiger partial charge in [-0.15, -0.1) is 0 Å². The van der Waals surface area contributed by atoms with Crippen molar-refractivity contribution < 1.29 is 14.6 Å². The van der Waals surface area contributed by atoms with E-state index >= 15 is 0 Å². The van der Waals surface area contributed by atoms with Crippen molar-refractivity contribution in [3.05, 3.63) is 29.8 Å². The summed E-state index contributed by atoms with van der Waals surface area (Å²) in [5, 5.41) is 10.6. The van der Waals surface area contributed by atoms with E-state index in [1.54, 1.807) is 0 Å². The molecule has 1 aliphatic carbocycles. The Kier molecular flexibility index (Phi) is 2.81. The molecule has 3 nitrogen and oxygen atoms in total. The van der Waals surface area contributed by atoms with Crippen LogP contribution in [0.5, 0.6) is 5.75 Å². The summed E-state index contributed by atoms with van der Waals surface area (Å²) in [6.07, 6.45) is 4.04. The molecule has 0 spiro atoms. The third-order valence-corrected chi connectivity index (χ3v) is 3.52. The van der Waals surface area contributed by atoms with E-state index in [4.69, 9.17) is 9.47 Å². The third kappa shape index (κ3) is 2.45. The zero-order chi connectivity index (χ0) is 11.7. The van der Waals surface area contributed by atoms with Gasteiger partial charge in [-0.2, -0.15) is 0 Å². The Morgan fingerprint density at radius 3 is 2.71 bits per heavy atom. The molecule has 0 unspecified atom stereocenters. The van der Waals surface area contributed by atoms with Gasteiger partial charge < -0.3 is 14.6 Å². The minimum absolute atomic E-state index is 0.398. The fourth-order valence-corrected chi connectivity index (χ4v) is 2.23. The van der Waals surface area contributed by atoms with E-state index in [1.807, 2.05) is 24.3 Å². The fourth-order valence-electron chi connectivity index (χ4n) is 2.23. The van der Waals surface area contributed by atoms with Gasteiger partial charge in [-0.25, -0.2) is 0 Å². The molecule has 1 saturated carbocycles. The van der Waals surface area contributed by atoms with Crippen molar-refractivity contribution in [2.75, 3.05) is 13.2 Å². The quantitative estimate of drug-likeness (QED) is 0.871. The first-order chi connectivity index (χ1) is 8.26. The van der Waals surface area contributed by atoms with Crippen molar-refractivity contribution in [2.45, 2.75) is 37.4 Å².